The highest BCUT2D eigenvalue weighted by Gasteiger charge is 2.29. The lowest BCUT2D eigenvalue weighted by atomic mass is 10.0. The van der Waals surface area contributed by atoms with E-state index in [1.165, 1.54) is 82.9 Å². The summed E-state index contributed by atoms with van der Waals surface area (Å²) in [5.74, 6) is -17.0. The molecule has 2 heterocycles. The van der Waals surface area contributed by atoms with Gasteiger partial charge in [-0.15, -0.1) is 0 Å². The number of nitrogens with one attached hydrogen (secondary N) is 3. The molecule has 0 saturated carbocycles. The number of ketones is 2. The van der Waals surface area contributed by atoms with Crippen molar-refractivity contribution in [3.63, 3.8) is 0 Å². The monoisotopic (exact) mass is 2080 g/mol. The van der Waals surface area contributed by atoms with Crippen LogP contribution in [0.4, 0.5) is 9.59 Å². The van der Waals surface area contributed by atoms with E-state index in [1.54, 1.807) is 17.1 Å². The van der Waals surface area contributed by atoms with Gasteiger partial charge in [0.15, 0.2) is 52.0 Å². The van der Waals surface area contributed by atoms with E-state index in [4.69, 9.17) is 18.9 Å². The van der Waals surface area contributed by atoms with Gasteiger partial charge in [-0.25, -0.2) is 96.3 Å². The van der Waals surface area contributed by atoms with Crippen molar-refractivity contribution in [1.29, 1.82) is 0 Å². The molecular weight excluding hydrogens is 1960 g/mol. The van der Waals surface area contributed by atoms with Crippen molar-refractivity contribution >= 4 is 167 Å². The fourth-order valence-electron chi connectivity index (χ4n) is 7.76. The Kier molecular flexibility index (Phi) is 86.2. The quantitative estimate of drug-likeness (QED) is 0.0224. The van der Waals surface area contributed by atoms with Crippen LogP contribution in [0.5, 0.6) is 0 Å². The molecule has 0 aliphatic carbocycles. The Morgan fingerprint density at radius 1 is 0.352 bits per heavy atom. The lowest BCUT2D eigenvalue weighted by molar-refractivity contribution is -0.175. The average molecular weight is 2080 g/mol. The van der Waals surface area contributed by atoms with Crippen molar-refractivity contribution in [3.05, 3.63) is 97.2 Å². The molecule has 9 amide bonds. The number of imide groups is 2. The van der Waals surface area contributed by atoms with Crippen LogP contribution in [0.1, 0.15) is 46.0 Å². The van der Waals surface area contributed by atoms with Gasteiger partial charge < -0.3 is 125 Å². The van der Waals surface area contributed by atoms with Gasteiger partial charge in [0.1, 0.15) is 19.0 Å². The van der Waals surface area contributed by atoms with Crippen LogP contribution in [0.25, 0.3) is 0 Å². The second-order valence-electron chi connectivity index (χ2n) is 26.4. The summed E-state index contributed by atoms with van der Waals surface area (Å²) >= 11 is 0. The van der Waals surface area contributed by atoms with Crippen molar-refractivity contribution in [1.82, 2.24) is 40.6 Å². The SMILES string of the molecule is COC(=O)/C=C/C(=O)OCC(=O)CC(C)C(C)=O.COC(=O)/C=C/C(=O)OCC(=O)N(C)OC.COC(=O)/C=C/C(=O)OCC(=O)N1CCCCC1.COC(=O)/C=C/C(=O)OCC(=O)N1CCOC1=O.COC(=O)/C=C/C(=O)OCC(=O)NC(=O)OC.COC(=O)/C=C/C(=O)OCC(=O)NCCC(=O)OC.COC(=O)/C=C/C(=O)OCC(=O)NCCN(C)C.COCCN(CCOC)C(=O)COC(=O)/C=C/C(=O)OC. The Labute approximate surface area is 830 Å². The number of nitrogens with zero attached hydrogens (tertiary/aromatic N) is 5. The van der Waals surface area contributed by atoms with Gasteiger partial charge in [-0.1, -0.05) is 6.92 Å². The number of rotatable bonds is 48. The molecule has 58 nitrogen and oxygen atoms in total. The van der Waals surface area contributed by atoms with Crippen LogP contribution in [-0.4, -0.2) is 430 Å². The number of carbonyl (C=O) groups is 28. The van der Waals surface area contributed by atoms with Crippen molar-refractivity contribution in [2.24, 2.45) is 5.92 Å². The van der Waals surface area contributed by atoms with Gasteiger partial charge in [0.2, 0.25) is 0 Å². The molecule has 0 aromatic carbocycles. The lowest BCUT2D eigenvalue weighted by Gasteiger charge is -2.26. The molecule has 58 heteroatoms. The Bertz CT molecular complexity index is 4470. The minimum absolute atomic E-state index is 0.0262. The van der Waals surface area contributed by atoms with E-state index in [9.17, 15) is 134 Å². The number of likely N-dealkylation sites (N-methyl/N-ethyl adjacent to an activating group) is 2. The first kappa shape index (κ1) is 139. The van der Waals surface area contributed by atoms with Crippen LogP contribution < -0.4 is 16.0 Å². The number of alkyl carbamates (subject to hydrolysis) is 1. The molecule has 0 aromatic heterocycles. The molecule has 0 radical (unpaired) electrons. The molecule has 1 atom stereocenters. The number of ether oxygens (including phenoxy) is 21. The zero-order valence-electron chi connectivity index (χ0n) is 82.9. The minimum atomic E-state index is -0.962. The van der Waals surface area contributed by atoms with Crippen LogP contribution in [0.15, 0.2) is 97.2 Å². The number of carbonyl (C=O) groups excluding carboxylic acids is 28. The normalized spacial score (nSPS) is 11.5. The largest absolute Gasteiger partial charge is 0.469 e. The second-order valence-corrected chi connectivity index (χ2v) is 26.4. The Morgan fingerprint density at radius 3 is 0.966 bits per heavy atom. The van der Waals surface area contributed by atoms with Crippen molar-refractivity contribution in [2.45, 2.75) is 46.0 Å². The number of cyclic esters (lactones) is 1. The predicted octanol–water partition coefficient (Wildman–Crippen LogP) is -4.37. The Morgan fingerprint density at radius 2 is 0.662 bits per heavy atom. The topological polar surface area (TPSA) is 733 Å². The van der Waals surface area contributed by atoms with Crippen LogP contribution in [0.2, 0.25) is 0 Å². The first-order valence-corrected chi connectivity index (χ1v) is 41.4. The summed E-state index contributed by atoms with van der Waals surface area (Å²) in [7, 11) is 21.2. The van der Waals surface area contributed by atoms with Gasteiger partial charge in [0.05, 0.1) is 104 Å². The highest BCUT2D eigenvalue weighted by molar-refractivity contribution is 6.00. The number of esters is 17. The van der Waals surface area contributed by atoms with Gasteiger partial charge in [0.25, 0.3) is 41.4 Å². The van der Waals surface area contributed by atoms with E-state index in [1.807, 2.05) is 19.0 Å². The molecule has 0 bridgehead atoms. The number of Topliss-reactive ketones (excluding diaryl/α,β-unsaturated/α-hetero) is 2. The fraction of sp³-hybridized carbons (Fsp3) is 0.494. The lowest BCUT2D eigenvalue weighted by Crippen LogP contribution is -2.39. The second kappa shape index (κ2) is 89.9. The van der Waals surface area contributed by atoms with Crippen LogP contribution in [0, 0.1) is 5.92 Å². The Hall–Kier alpha value is -16.7. The summed E-state index contributed by atoms with van der Waals surface area (Å²) in [5, 5.41) is 7.60. The first-order valence-electron chi connectivity index (χ1n) is 41.4. The molecule has 145 heavy (non-hydrogen) atoms. The van der Waals surface area contributed by atoms with Gasteiger partial charge in [-0.3, -0.25) is 58.1 Å². The molecule has 0 spiro atoms. The van der Waals surface area contributed by atoms with E-state index in [2.05, 4.69) is 96.0 Å². The predicted molar refractivity (Wildman–Crippen MR) is 482 cm³/mol. The zero-order valence-corrected chi connectivity index (χ0v) is 82.9. The average Bonchev–Trinajstić information content (AvgIpc) is 1.74. The standard InChI is InChI=1S/C13H21NO7.C12H17NO5.C12H16O6.C11H18N2O5.C11H15NO7.C10H11NO7.C9H11NO7.C9H13NO6/c1-18-8-6-14(7-9-19-2)11(15)10-21-13(17)5-4-12(16)20-3;1-17-11(15)5-6-12(16)18-9-10(14)13-7-3-2-4-8-13;1-8(9(2)13)6-10(14)7-18-12(16)5-4-11(15)17-3;1-13(2)7-6-12-9(14)8-18-11(16)5-4-10(15)17-3;1-17-9(14)3-4-11(16)19-7-8(13)12-6-5-10(15)18-2;1-16-8(13)2-3-9(14)18-6-7(12)11-4-5-17-10(11)15;1-15-7(12)3-4-8(13)17-5-6(11)10-9(14)16-2;1-10(15-3)7(11)6-16-9(13)5-4-8(12)14-2/h4-5H,6-10H2,1-3H3;5-6H,2-4,7-9H2,1H3;4-5,8H,6-7H2,1-3H3;4-5H,6-8H2,1-3H3,(H,12,14);3-4H,5-7H2,1-2H3,(H,12,13);2-3H,4-6H2,1H3;3-4H,5H2,1-2H3,(H,10,11,14);4-5H,6H2,1-3H3/b5-4+;6-5+;2*5-4+;4-3+;3-2+;4-3+;5-4+. The van der Waals surface area contributed by atoms with Crippen LogP contribution in [-0.2, 0) is 229 Å². The maximum absolute atomic E-state index is 11.9. The maximum atomic E-state index is 11.9. The van der Waals surface area contributed by atoms with Gasteiger partial charge >= 0.3 is 114 Å². The van der Waals surface area contributed by atoms with E-state index >= 15 is 0 Å². The summed E-state index contributed by atoms with van der Waals surface area (Å²) in [6, 6.07) is 0. The summed E-state index contributed by atoms with van der Waals surface area (Å²) in [4.78, 5) is 318. The van der Waals surface area contributed by atoms with E-state index < -0.39 is 183 Å². The summed E-state index contributed by atoms with van der Waals surface area (Å²) in [6.07, 6.45) is 15.5. The number of amides is 9. The molecular formula is C87H122N8O50. The van der Waals surface area contributed by atoms with E-state index in [0.29, 0.717) is 52.5 Å². The minimum Gasteiger partial charge on any atom is -0.469 e. The summed E-state index contributed by atoms with van der Waals surface area (Å²) in [5.41, 5.74) is 0. The summed E-state index contributed by atoms with van der Waals surface area (Å²) < 4.78 is 93.6. The molecule has 2 aliphatic heterocycles. The van der Waals surface area contributed by atoms with Gasteiger partial charge in [0, 0.05) is 177 Å². The zero-order chi connectivity index (χ0) is 112. The highest BCUT2D eigenvalue weighted by atomic mass is 16.7. The van der Waals surface area contributed by atoms with Crippen molar-refractivity contribution < 1.29 is 239 Å². The number of methoxy groups -OCH3 is 12. The van der Waals surface area contributed by atoms with Crippen molar-refractivity contribution in [2.75, 3.05) is 239 Å². The van der Waals surface area contributed by atoms with E-state index in [0.717, 1.165) is 155 Å². The molecule has 2 aliphatic rings. The Balaban J connectivity index is -0.000000381. The van der Waals surface area contributed by atoms with Gasteiger partial charge in [-0.05, 0) is 40.3 Å². The smallest absolute Gasteiger partial charge is 0.416 e. The molecule has 2 saturated heterocycles. The molecule has 810 valence electrons. The van der Waals surface area contributed by atoms with Crippen LogP contribution in [0.3, 0.4) is 0 Å². The van der Waals surface area contributed by atoms with E-state index in [-0.39, 0.29) is 75.1 Å². The molecule has 1 unspecified atom stereocenters. The third kappa shape index (κ3) is 87.3. The molecule has 0 aromatic rings. The molecule has 3 N–H and O–H groups in total. The summed E-state index contributed by atoms with van der Waals surface area (Å²) in [6.45, 7) is 3.70. The number of hydrogen-bond donors (Lipinski definition) is 3. The number of hydroxylamine groups is 2. The fourth-order valence-corrected chi connectivity index (χ4v) is 7.76. The molecule has 2 fully saturated rings. The first-order chi connectivity index (χ1) is 68.5. The van der Waals surface area contributed by atoms with Crippen molar-refractivity contribution in [3.8, 4) is 0 Å². The highest BCUT2D eigenvalue weighted by Crippen LogP contribution is 2.10. The number of piperidine rings is 1. The number of likely N-dealkylation sites (tertiary alicyclic amines) is 1. The van der Waals surface area contributed by atoms with Gasteiger partial charge in [-0.2, -0.15) is 0 Å². The maximum Gasteiger partial charge on any atom is 0.416 e. The third-order valence-electron chi connectivity index (χ3n) is 15.5. The molecule has 2 rings (SSSR count). The van der Waals surface area contributed by atoms with Crippen LogP contribution >= 0.6 is 0 Å². The number of hydrogen-bond acceptors (Lipinski definition) is 51. The third-order valence-corrected chi connectivity index (χ3v) is 15.5.